The van der Waals surface area contributed by atoms with Crippen LogP contribution >= 0.6 is 0 Å². The molecule has 0 fully saturated rings. The van der Waals surface area contributed by atoms with Crippen molar-refractivity contribution in [1.29, 1.82) is 0 Å². The van der Waals surface area contributed by atoms with Crippen molar-refractivity contribution in [2.75, 3.05) is 0 Å². The van der Waals surface area contributed by atoms with Gasteiger partial charge in [0.15, 0.2) is 11.5 Å². The predicted octanol–water partition coefficient (Wildman–Crippen LogP) is 4.79. The van der Waals surface area contributed by atoms with Crippen LogP contribution in [0.3, 0.4) is 0 Å². The fraction of sp³-hybridized carbons (Fsp3) is 0.294. The summed E-state index contributed by atoms with van der Waals surface area (Å²) < 4.78 is 5.95. The van der Waals surface area contributed by atoms with Crippen molar-refractivity contribution in [2.45, 2.75) is 33.1 Å². The Morgan fingerprint density at radius 2 is 1.63 bits per heavy atom. The molecule has 2 rings (SSSR count). The Labute approximate surface area is 114 Å². The lowest BCUT2D eigenvalue weighted by Gasteiger charge is -2.23. The molecule has 2 aromatic rings. The van der Waals surface area contributed by atoms with Crippen molar-refractivity contribution in [3.05, 3.63) is 53.6 Å². The van der Waals surface area contributed by atoms with Crippen molar-refractivity contribution in [2.24, 2.45) is 0 Å². The third kappa shape index (κ3) is 2.90. The van der Waals surface area contributed by atoms with Gasteiger partial charge in [0.1, 0.15) is 5.75 Å². The Kier molecular flexibility index (Phi) is 3.52. The van der Waals surface area contributed by atoms with Crippen molar-refractivity contribution >= 4 is 0 Å². The Morgan fingerprint density at radius 1 is 0.947 bits per heavy atom. The molecule has 0 aromatic heterocycles. The van der Waals surface area contributed by atoms with Crippen LogP contribution in [0.25, 0.3) is 0 Å². The normalized spacial score (nSPS) is 11.4. The lowest BCUT2D eigenvalue weighted by atomic mass is 9.86. The molecule has 100 valence electrons. The molecule has 2 aromatic carbocycles. The molecule has 0 saturated heterocycles. The summed E-state index contributed by atoms with van der Waals surface area (Å²) in [5, 5.41) is 10.1. The number of aryl methyl sites for hydroxylation is 1. The first-order valence-electron chi connectivity index (χ1n) is 6.45. The first-order valence-corrected chi connectivity index (χ1v) is 6.45. The van der Waals surface area contributed by atoms with E-state index in [1.165, 1.54) is 0 Å². The summed E-state index contributed by atoms with van der Waals surface area (Å²) in [5.74, 6) is 1.49. The number of phenols is 1. The first kappa shape index (κ1) is 13.5. The van der Waals surface area contributed by atoms with E-state index >= 15 is 0 Å². The molecule has 0 unspecified atom stereocenters. The van der Waals surface area contributed by atoms with Gasteiger partial charge in [0.2, 0.25) is 0 Å². The van der Waals surface area contributed by atoms with Crippen LogP contribution in [0.2, 0.25) is 0 Å². The average molecular weight is 256 g/mol. The number of hydrogen-bond acceptors (Lipinski definition) is 2. The summed E-state index contributed by atoms with van der Waals surface area (Å²) in [6, 6.07) is 13.3. The second kappa shape index (κ2) is 4.96. The molecule has 0 saturated carbocycles. The second-order valence-corrected chi connectivity index (χ2v) is 5.77. The molecular formula is C17H20O2. The highest BCUT2D eigenvalue weighted by Gasteiger charge is 2.22. The summed E-state index contributed by atoms with van der Waals surface area (Å²) in [7, 11) is 0. The summed E-state index contributed by atoms with van der Waals surface area (Å²) >= 11 is 0. The smallest absolute Gasteiger partial charge is 0.172 e. The van der Waals surface area contributed by atoms with Crippen LogP contribution < -0.4 is 4.74 Å². The second-order valence-electron chi connectivity index (χ2n) is 5.77. The highest BCUT2D eigenvalue weighted by Crippen LogP contribution is 2.40. The van der Waals surface area contributed by atoms with Gasteiger partial charge in [-0.2, -0.15) is 0 Å². The van der Waals surface area contributed by atoms with E-state index in [1.807, 2.05) is 43.3 Å². The minimum atomic E-state index is -0.0865. The van der Waals surface area contributed by atoms with Gasteiger partial charge in [0.05, 0.1) is 0 Å². The Hall–Kier alpha value is -1.96. The minimum absolute atomic E-state index is 0.0865. The lowest BCUT2D eigenvalue weighted by molar-refractivity contribution is 0.396. The van der Waals surface area contributed by atoms with Crippen LogP contribution in [-0.2, 0) is 5.41 Å². The molecule has 0 aliphatic rings. The molecule has 0 aliphatic heterocycles. The monoisotopic (exact) mass is 256 g/mol. The van der Waals surface area contributed by atoms with Crippen molar-refractivity contribution in [1.82, 2.24) is 0 Å². The summed E-state index contributed by atoms with van der Waals surface area (Å²) in [6.45, 7) is 8.30. The third-order valence-corrected chi connectivity index (χ3v) is 3.11. The van der Waals surface area contributed by atoms with Crippen LogP contribution in [0.1, 0.15) is 31.9 Å². The van der Waals surface area contributed by atoms with Crippen molar-refractivity contribution in [3.63, 3.8) is 0 Å². The molecule has 0 spiro atoms. The van der Waals surface area contributed by atoms with Crippen LogP contribution in [0.5, 0.6) is 17.2 Å². The van der Waals surface area contributed by atoms with E-state index in [2.05, 4.69) is 20.8 Å². The predicted molar refractivity (Wildman–Crippen MR) is 78.1 cm³/mol. The van der Waals surface area contributed by atoms with E-state index in [0.717, 1.165) is 16.9 Å². The number of para-hydroxylation sites is 2. The minimum Gasteiger partial charge on any atom is -0.504 e. The lowest BCUT2D eigenvalue weighted by Crippen LogP contribution is -2.12. The van der Waals surface area contributed by atoms with Gasteiger partial charge in [-0.05, 0) is 30.0 Å². The molecule has 2 heteroatoms. The number of ether oxygens (including phenoxy) is 1. The molecule has 0 atom stereocenters. The van der Waals surface area contributed by atoms with Gasteiger partial charge in [-0.25, -0.2) is 0 Å². The molecule has 0 amide bonds. The average Bonchev–Trinajstić information content (AvgIpc) is 2.33. The van der Waals surface area contributed by atoms with Crippen LogP contribution in [0.15, 0.2) is 42.5 Å². The van der Waals surface area contributed by atoms with Gasteiger partial charge in [0, 0.05) is 5.56 Å². The number of aromatic hydroxyl groups is 1. The molecule has 19 heavy (non-hydrogen) atoms. The fourth-order valence-corrected chi connectivity index (χ4v) is 2.00. The molecular weight excluding hydrogens is 236 g/mol. The van der Waals surface area contributed by atoms with E-state index in [-0.39, 0.29) is 11.2 Å². The molecule has 0 aliphatic carbocycles. The van der Waals surface area contributed by atoms with E-state index < -0.39 is 0 Å². The first-order chi connectivity index (χ1) is 8.89. The van der Waals surface area contributed by atoms with Gasteiger partial charge in [-0.15, -0.1) is 0 Å². The summed E-state index contributed by atoms with van der Waals surface area (Å²) in [6.07, 6.45) is 0. The molecule has 0 radical (unpaired) electrons. The number of phenolic OH excluding ortho intramolecular Hbond substituents is 1. The maximum absolute atomic E-state index is 10.1. The van der Waals surface area contributed by atoms with Crippen molar-refractivity contribution in [3.8, 4) is 17.2 Å². The van der Waals surface area contributed by atoms with E-state index in [9.17, 15) is 5.11 Å². The van der Waals surface area contributed by atoms with Crippen LogP contribution in [0, 0.1) is 6.92 Å². The van der Waals surface area contributed by atoms with Crippen LogP contribution in [0.4, 0.5) is 0 Å². The van der Waals surface area contributed by atoms with Gasteiger partial charge in [0.25, 0.3) is 0 Å². The zero-order valence-corrected chi connectivity index (χ0v) is 11.9. The Bertz CT molecular complexity index is 580. The third-order valence-electron chi connectivity index (χ3n) is 3.11. The van der Waals surface area contributed by atoms with Gasteiger partial charge < -0.3 is 9.84 Å². The van der Waals surface area contributed by atoms with E-state index in [4.69, 9.17) is 4.74 Å². The maximum Gasteiger partial charge on any atom is 0.172 e. The Morgan fingerprint density at radius 3 is 2.26 bits per heavy atom. The van der Waals surface area contributed by atoms with E-state index in [1.54, 1.807) is 6.07 Å². The molecule has 2 nitrogen and oxygen atoms in total. The molecule has 0 bridgehead atoms. The Balaban J connectivity index is 2.48. The highest BCUT2D eigenvalue weighted by atomic mass is 16.5. The highest BCUT2D eigenvalue weighted by molar-refractivity contribution is 5.51. The fourth-order valence-electron chi connectivity index (χ4n) is 2.00. The van der Waals surface area contributed by atoms with Gasteiger partial charge in [-0.1, -0.05) is 51.1 Å². The number of rotatable bonds is 2. The van der Waals surface area contributed by atoms with Crippen LogP contribution in [-0.4, -0.2) is 5.11 Å². The molecule has 1 N–H and O–H groups in total. The summed E-state index contributed by atoms with van der Waals surface area (Å²) in [4.78, 5) is 0. The largest absolute Gasteiger partial charge is 0.504 e. The maximum atomic E-state index is 10.1. The zero-order valence-electron chi connectivity index (χ0n) is 11.9. The van der Waals surface area contributed by atoms with Gasteiger partial charge in [-0.3, -0.25) is 0 Å². The zero-order chi connectivity index (χ0) is 14.0. The van der Waals surface area contributed by atoms with E-state index in [0.29, 0.717) is 5.75 Å². The van der Waals surface area contributed by atoms with Crippen molar-refractivity contribution < 1.29 is 9.84 Å². The quantitative estimate of drug-likeness (QED) is 0.837. The molecule has 0 heterocycles. The number of hydrogen-bond donors (Lipinski definition) is 1. The SMILES string of the molecule is Cc1ccccc1Oc1c(O)cccc1C(C)(C)C. The van der Waals surface area contributed by atoms with Gasteiger partial charge >= 0.3 is 0 Å². The topological polar surface area (TPSA) is 29.5 Å². The standard InChI is InChI=1S/C17H20O2/c1-12-8-5-6-11-15(12)19-16-13(17(2,3)4)9-7-10-14(16)18/h5-11,18H,1-4H3. The summed E-state index contributed by atoms with van der Waals surface area (Å²) in [5.41, 5.74) is 1.96. The number of benzene rings is 2.